The van der Waals surface area contributed by atoms with Crippen molar-refractivity contribution < 1.29 is 19.2 Å². The number of nitrogens with one attached hydrogen (secondary N) is 2. The van der Waals surface area contributed by atoms with Crippen LogP contribution in [0, 0.1) is 0 Å². The highest BCUT2D eigenvalue weighted by atomic mass is 16.7. The zero-order chi connectivity index (χ0) is 13.9. The molecule has 0 aromatic heterocycles. The molecule has 0 aliphatic carbocycles. The lowest BCUT2D eigenvalue weighted by molar-refractivity contribution is -0.920. The van der Waals surface area contributed by atoms with Crippen molar-refractivity contribution in [2.75, 3.05) is 25.2 Å². The number of carbonyl (C=O) groups excluding carboxylic acids is 1. The molecule has 0 radical (unpaired) electrons. The molecule has 20 heavy (non-hydrogen) atoms. The summed E-state index contributed by atoms with van der Waals surface area (Å²) in [4.78, 5) is 13.5. The van der Waals surface area contributed by atoms with Crippen molar-refractivity contribution in [2.24, 2.45) is 0 Å². The van der Waals surface area contributed by atoms with Crippen LogP contribution in [0.15, 0.2) is 18.2 Å². The number of rotatable bonds is 3. The monoisotopic (exact) mass is 277 g/mol. The first kappa shape index (κ1) is 13.2. The lowest BCUT2D eigenvalue weighted by Gasteiger charge is -2.29. The molecule has 5 nitrogen and oxygen atoms in total. The molecule has 1 unspecified atom stereocenters. The number of anilines is 1. The Morgan fingerprint density at radius 3 is 3.05 bits per heavy atom. The molecular weight excluding hydrogens is 256 g/mol. The Morgan fingerprint density at radius 1 is 1.35 bits per heavy atom. The molecule has 1 aromatic rings. The largest absolute Gasteiger partial charge is 0.454 e. The molecule has 0 saturated carbocycles. The Hall–Kier alpha value is -1.75. The van der Waals surface area contributed by atoms with E-state index >= 15 is 0 Å². The molecule has 2 N–H and O–H groups in total. The third kappa shape index (κ3) is 2.88. The third-order valence-electron chi connectivity index (χ3n) is 4.13. The minimum Gasteiger partial charge on any atom is -0.454 e. The van der Waals surface area contributed by atoms with Crippen LogP contribution in [0.5, 0.6) is 11.5 Å². The predicted molar refractivity (Wildman–Crippen MR) is 75.2 cm³/mol. The maximum Gasteiger partial charge on any atom is 0.279 e. The highest BCUT2D eigenvalue weighted by Gasteiger charge is 2.24. The first-order valence-corrected chi connectivity index (χ1v) is 7.26. The van der Waals surface area contributed by atoms with Gasteiger partial charge in [-0.25, -0.2) is 0 Å². The summed E-state index contributed by atoms with van der Waals surface area (Å²) in [7, 11) is 0. The molecule has 108 valence electrons. The molecule has 1 aromatic carbocycles. The van der Waals surface area contributed by atoms with Crippen LogP contribution in [0.1, 0.15) is 26.2 Å². The molecule has 2 heterocycles. The van der Waals surface area contributed by atoms with E-state index in [2.05, 4.69) is 12.2 Å². The molecule has 1 amide bonds. The molecule has 2 atom stereocenters. The minimum absolute atomic E-state index is 0.0626. The summed E-state index contributed by atoms with van der Waals surface area (Å²) in [6.07, 6.45) is 3.72. The third-order valence-corrected chi connectivity index (χ3v) is 4.13. The molecule has 2 aliphatic heterocycles. The van der Waals surface area contributed by atoms with Crippen LogP contribution in [0.2, 0.25) is 0 Å². The lowest BCUT2D eigenvalue weighted by atomic mass is 10.0. The molecule has 1 saturated heterocycles. The smallest absolute Gasteiger partial charge is 0.279 e. The summed E-state index contributed by atoms with van der Waals surface area (Å²) in [6, 6.07) is 6.07. The van der Waals surface area contributed by atoms with Crippen molar-refractivity contribution in [1.82, 2.24) is 0 Å². The summed E-state index contributed by atoms with van der Waals surface area (Å²) >= 11 is 0. The average molecular weight is 277 g/mol. The van der Waals surface area contributed by atoms with Crippen LogP contribution >= 0.6 is 0 Å². The Labute approximate surface area is 118 Å². The number of hydrogen-bond donors (Lipinski definition) is 2. The van der Waals surface area contributed by atoms with E-state index < -0.39 is 0 Å². The number of likely N-dealkylation sites (tertiary alicyclic amines) is 1. The second-order valence-corrected chi connectivity index (χ2v) is 5.60. The van der Waals surface area contributed by atoms with Gasteiger partial charge in [0.05, 0.1) is 12.6 Å². The Balaban J connectivity index is 1.58. The summed E-state index contributed by atoms with van der Waals surface area (Å²) < 4.78 is 10.6. The number of amides is 1. The second kappa shape index (κ2) is 5.71. The van der Waals surface area contributed by atoms with Crippen molar-refractivity contribution >= 4 is 11.6 Å². The quantitative estimate of drug-likeness (QED) is 0.860. The Bertz CT molecular complexity index is 504. The summed E-state index contributed by atoms with van der Waals surface area (Å²) in [6.45, 7) is 4.11. The van der Waals surface area contributed by atoms with E-state index in [1.54, 1.807) is 0 Å². The highest BCUT2D eigenvalue weighted by molar-refractivity contribution is 5.91. The number of piperidine rings is 1. The molecule has 2 aliphatic rings. The van der Waals surface area contributed by atoms with Gasteiger partial charge in [-0.05, 0) is 38.3 Å². The van der Waals surface area contributed by atoms with Gasteiger partial charge in [0, 0.05) is 11.8 Å². The fourth-order valence-electron chi connectivity index (χ4n) is 2.90. The normalized spacial score (nSPS) is 24.4. The molecule has 5 heteroatoms. The zero-order valence-electron chi connectivity index (χ0n) is 11.8. The number of quaternary nitrogens is 1. The van der Waals surface area contributed by atoms with Gasteiger partial charge in [0.25, 0.3) is 5.91 Å². The van der Waals surface area contributed by atoms with E-state index in [-0.39, 0.29) is 12.7 Å². The minimum atomic E-state index is 0.0626. The van der Waals surface area contributed by atoms with Crippen LogP contribution < -0.4 is 19.7 Å². The predicted octanol–water partition coefficient (Wildman–Crippen LogP) is 0.811. The molecule has 3 rings (SSSR count). The van der Waals surface area contributed by atoms with Crippen molar-refractivity contribution in [3.63, 3.8) is 0 Å². The van der Waals surface area contributed by atoms with E-state index in [0.29, 0.717) is 18.3 Å². The van der Waals surface area contributed by atoms with E-state index in [1.165, 1.54) is 24.2 Å². The molecule has 0 bridgehead atoms. The first-order chi connectivity index (χ1) is 9.72. The van der Waals surface area contributed by atoms with E-state index in [4.69, 9.17) is 9.47 Å². The van der Waals surface area contributed by atoms with Crippen LogP contribution in [-0.4, -0.2) is 31.8 Å². The number of fused-ring (bicyclic) bond motifs is 1. The van der Waals surface area contributed by atoms with Crippen LogP contribution in [0.25, 0.3) is 0 Å². The van der Waals surface area contributed by atoms with Gasteiger partial charge in [-0.2, -0.15) is 0 Å². The maximum atomic E-state index is 12.1. The fourth-order valence-corrected chi connectivity index (χ4v) is 2.90. The number of benzene rings is 1. The van der Waals surface area contributed by atoms with Crippen LogP contribution in [0.4, 0.5) is 5.69 Å². The summed E-state index contributed by atoms with van der Waals surface area (Å²) in [5, 5.41) is 2.94. The van der Waals surface area contributed by atoms with Crippen molar-refractivity contribution in [1.29, 1.82) is 0 Å². The van der Waals surface area contributed by atoms with E-state index in [9.17, 15) is 4.79 Å². The van der Waals surface area contributed by atoms with Crippen LogP contribution in [-0.2, 0) is 4.79 Å². The number of hydrogen-bond acceptors (Lipinski definition) is 3. The van der Waals surface area contributed by atoms with Gasteiger partial charge in [-0.15, -0.1) is 0 Å². The molecule has 0 spiro atoms. The standard InChI is InChI=1S/C15H20N2O3/c1-11-4-2-3-7-17(11)9-15(18)16-12-5-6-13-14(8-12)20-10-19-13/h5-6,8,11H,2-4,7,9-10H2,1H3,(H,16,18)/p+1/t11-/m1/s1. The van der Waals surface area contributed by atoms with Crippen LogP contribution in [0.3, 0.4) is 0 Å². The van der Waals surface area contributed by atoms with Crippen molar-refractivity contribution in [3.8, 4) is 11.5 Å². The lowest BCUT2D eigenvalue weighted by Crippen LogP contribution is -3.17. The van der Waals surface area contributed by atoms with Gasteiger partial charge < -0.3 is 19.7 Å². The zero-order valence-corrected chi connectivity index (χ0v) is 11.8. The van der Waals surface area contributed by atoms with Crippen molar-refractivity contribution in [2.45, 2.75) is 32.2 Å². The topological polar surface area (TPSA) is 52.0 Å². The van der Waals surface area contributed by atoms with Gasteiger partial charge >= 0.3 is 0 Å². The highest BCUT2D eigenvalue weighted by Crippen LogP contribution is 2.34. The average Bonchev–Trinajstić information content (AvgIpc) is 2.89. The van der Waals surface area contributed by atoms with E-state index in [0.717, 1.165) is 18.0 Å². The Kier molecular flexibility index (Phi) is 3.78. The van der Waals surface area contributed by atoms with Gasteiger partial charge in [-0.3, -0.25) is 4.79 Å². The summed E-state index contributed by atoms with van der Waals surface area (Å²) in [5.74, 6) is 1.49. The maximum absolute atomic E-state index is 12.1. The van der Waals surface area contributed by atoms with Crippen molar-refractivity contribution in [3.05, 3.63) is 18.2 Å². The van der Waals surface area contributed by atoms with Gasteiger partial charge in [0.2, 0.25) is 6.79 Å². The molecular formula is C15H21N2O3+. The first-order valence-electron chi connectivity index (χ1n) is 7.26. The summed E-state index contributed by atoms with van der Waals surface area (Å²) in [5.41, 5.74) is 0.767. The van der Waals surface area contributed by atoms with Gasteiger partial charge in [-0.1, -0.05) is 0 Å². The van der Waals surface area contributed by atoms with Gasteiger partial charge in [0.1, 0.15) is 0 Å². The SMILES string of the molecule is C[C@@H]1CCCC[NH+]1CC(=O)Nc1ccc2c(c1)OCO2. The molecule has 1 fully saturated rings. The fraction of sp³-hybridized carbons (Fsp3) is 0.533. The second-order valence-electron chi connectivity index (χ2n) is 5.60. The Morgan fingerprint density at radius 2 is 2.20 bits per heavy atom. The number of ether oxygens (including phenoxy) is 2. The number of carbonyl (C=O) groups is 1. The van der Waals surface area contributed by atoms with Gasteiger partial charge in [0.15, 0.2) is 18.0 Å². The van der Waals surface area contributed by atoms with E-state index in [1.807, 2.05) is 18.2 Å².